The molecule has 0 radical (unpaired) electrons. The van der Waals surface area contributed by atoms with E-state index < -0.39 is 0 Å². The van der Waals surface area contributed by atoms with Gasteiger partial charge in [-0.15, -0.1) is 0 Å². The molecule has 1 N–H and O–H groups in total. The topological polar surface area (TPSA) is 55.1 Å². The minimum atomic E-state index is -0.350. The standard InChI is InChI=1S/C20H20N2O2/c1-14-18(24-15(2)22-14)13-21-20(23)19(16-9-5-3-6-10-16)17-11-7-4-8-12-17/h3-12,19H,13H2,1-2H3,(H,21,23). The summed E-state index contributed by atoms with van der Waals surface area (Å²) in [6, 6.07) is 19.6. The molecule has 1 heterocycles. The summed E-state index contributed by atoms with van der Waals surface area (Å²) >= 11 is 0. The quantitative estimate of drug-likeness (QED) is 0.779. The van der Waals surface area contributed by atoms with Crippen LogP contribution in [0.5, 0.6) is 0 Å². The second-order valence-corrected chi connectivity index (χ2v) is 5.71. The molecule has 122 valence electrons. The highest BCUT2D eigenvalue weighted by Gasteiger charge is 2.22. The molecule has 0 atom stereocenters. The van der Waals surface area contributed by atoms with Gasteiger partial charge in [0.1, 0.15) is 5.76 Å². The van der Waals surface area contributed by atoms with E-state index in [0.29, 0.717) is 18.2 Å². The number of nitrogens with one attached hydrogen (secondary N) is 1. The number of rotatable bonds is 5. The molecule has 24 heavy (non-hydrogen) atoms. The minimum absolute atomic E-state index is 0.0548. The summed E-state index contributed by atoms with van der Waals surface area (Å²) in [5, 5.41) is 2.98. The van der Waals surface area contributed by atoms with Crippen LogP contribution in [0.3, 0.4) is 0 Å². The third kappa shape index (κ3) is 3.54. The predicted molar refractivity (Wildman–Crippen MR) is 92.6 cm³/mol. The summed E-state index contributed by atoms with van der Waals surface area (Å²) in [7, 11) is 0. The molecule has 0 bridgehead atoms. The largest absolute Gasteiger partial charge is 0.444 e. The van der Waals surface area contributed by atoms with E-state index in [1.807, 2.05) is 67.6 Å². The van der Waals surface area contributed by atoms with Crippen LogP contribution in [0.25, 0.3) is 0 Å². The Kier molecular flexibility index (Phi) is 4.75. The maximum atomic E-state index is 12.9. The lowest BCUT2D eigenvalue weighted by atomic mass is 9.90. The molecular formula is C20H20N2O2. The summed E-state index contributed by atoms with van der Waals surface area (Å²) in [5.41, 5.74) is 2.74. The first-order valence-corrected chi connectivity index (χ1v) is 7.95. The molecule has 0 aliphatic rings. The van der Waals surface area contributed by atoms with Gasteiger partial charge < -0.3 is 9.73 Å². The number of hydrogen-bond donors (Lipinski definition) is 1. The van der Waals surface area contributed by atoms with Crippen molar-refractivity contribution in [3.63, 3.8) is 0 Å². The highest BCUT2D eigenvalue weighted by Crippen LogP contribution is 2.25. The molecule has 0 saturated carbocycles. The Morgan fingerprint density at radius 1 is 1.00 bits per heavy atom. The number of hydrogen-bond acceptors (Lipinski definition) is 3. The number of nitrogens with zero attached hydrogens (tertiary/aromatic N) is 1. The molecule has 0 aliphatic heterocycles. The van der Waals surface area contributed by atoms with Gasteiger partial charge in [0.2, 0.25) is 5.91 Å². The minimum Gasteiger partial charge on any atom is -0.444 e. The van der Waals surface area contributed by atoms with E-state index in [1.54, 1.807) is 6.92 Å². The monoisotopic (exact) mass is 320 g/mol. The van der Waals surface area contributed by atoms with E-state index in [2.05, 4.69) is 10.3 Å². The molecule has 1 amide bonds. The van der Waals surface area contributed by atoms with Gasteiger partial charge in [0.25, 0.3) is 0 Å². The third-order valence-electron chi connectivity index (χ3n) is 3.95. The summed E-state index contributed by atoms with van der Waals surface area (Å²) in [5.74, 6) is 0.901. The Hall–Kier alpha value is -2.88. The van der Waals surface area contributed by atoms with Gasteiger partial charge in [-0.25, -0.2) is 4.98 Å². The molecule has 3 rings (SSSR count). The lowest BCUT2D eigenvalue weighted by Gasteiger charge is -2.17. The molecular weight excluding hydrogens is 300 g/mol. The van der Waals surface area contributed by atoms with Gasteiger partial charge in [-0.05, 0) is 18.1 Å². The number of aryl methyl sites for hydroxylation is 2. The van der Waals surface area contributed by atoms with Crippen molar-refractivity contribution in [2.45, 2.75) is 26.3 Å². The number of benzene rings is 2. The van der Waals surface area contributed by atoms with Gasteiger partial charge in [0.15, 0.2) is 5.89 Å². The number of carbonyl (C=O) groups excluding carboxylic acids is 1. The SMILES string of the molecule is Cc1nc(C)c(CNC(=O)C(c2ccccc2)c2ccccc2)o1. The normalized spacial score (nSPS) is 10.8. The molecule has 0 aliphatic carbocycles. The van der Waals surface area contributed by atoms with Gasteiger partial charge >= 0.3 is 0 Å². The molecule has 1 aromatic heterocycles. The highest BCUT2D eigenvalue weighted by atomic mass is 16.4. The van der Waals surface area contributed by atoms with E-state index in [1.165, 1.54) is 0 Å². The highest BCUT2D eigenvalue weighted by molar-refractivity contribution is 5.87. The molecule has 4 heteroatoms. The zero-order valence-corrected chi connectivity index (χ0v) is 13.8. The maximum Gasteiger partial charge on any atom is 0.232 e. The summed E-state index contributed by atoms with van der Waals surface area (Å²) in [4.78, 5) is 17.1. The second-order valence-electron chi connectivity index (χ2n) is 5.71. The number of aromatic nitrogens is 1. The fraction of sp³-hybridized carbons (Fsp3) is 0.200. The van der Waals surface area contributed by atoms with Crippen molar-refractivity contribution in [3.05, 3.63) is 89.1 Å². The fourth-order valence-electron chi connectivity index (χ4n) is 2.79. The van der Waals surface area contributed by atoms with Crippen molar-refractivity contribution in [1.29, 1.82) is 0 Å². The molecule has 0 fully saturated rings. The van der Waals surface area contributed by atoms with E-state index in [4.69, 9.17) is 4.42 Å². The van der Waals surface area contributed by atoms with Crippen LogP contribution in [0, 0.1) is 13.8 Å². The molecule has 2 aromatic carbocycles. The smallest absolute Gasteiger partial charge is 0.232 e. The number of carbonyl (C=O) groups is 1. The zero-order chi connectivity index (χ0) is 16.9. The number of amides is 1. The van der Waals surface area contributed by atoms with E-state index in [9.17, 15) is 4.79 Å². The van der Waals surface area contributed by atoms with Crippen molar-refractivity contribution in [1.82, 2.24) is 10.3 Å². The Labute approximate surface area is 141 Å². The van der Waals surface area contributed by atoms with Gasteiger partial charge in [-0.1, -0.05) is 60.7 Å². The van der Waals surface area contributed by atoms with Crippen LogP contribution in [0.15, 0.2) is 65.1 Å². The Morgan fingerprint density at radius 2 is 1.54 bits per heavy atom. The lowest BCUT2D eigenvalue weighted by Crippen LogP contribution is -2.29. The van der Waals surface area contributed by atoms with Crippen molar-refractivity contribution < 1.29 is 9.21 Å². The van der Waals surface area contributed by atoms with Gasteiger partial charge in [-0.2, -0.15) is 0 Å². The van der Waals surface area contributed by atoms with Crippen molar-refractivity contribution in [3.8, 4) is 0 Å². The Morgan fingerprint density at radius 3 is 2.00 bits per heavy atom. The first-order chi connectivity index (χ1) is 11.6. The maximum absolute atomic E-state index is 12.9. The lowest BCUT2D eigenvalue weighted by molar-refractivity contribution is -0.121. The number of oxazole rings is 1. The van der Waals surface area contributed by atoms with Crippen LogP contribution < -0.4 is 5.32 Å². The van der Waals surface area contributed by atoms with E-state index >= 15 is 0 Å². The van der Waals surface area contributed by atoms with E-state index in [-0.39, 0.29) is 11.8 Å². The fourth-order valence-corrected chi connectivity index (χ4v) is 2.79. The zero-order valence-electron chi connectivity index (χ0n) is 13.8. The first-order valence-electron chi connectivity index (χ1n) is 7.95. The molecule has 0 saturated heterocycles. The average Bonchev–Trinajstić information content (AvgIpc) is 2.93. The van der Waals surface area contributed by atoms with Crippen LogP contribution in [0.4, 0.5) is 0 Å². The molecule has 3 aromatic rings. The van der Waals surface area contributed by atoms with Crippen LogP contribution in [-0.2, 0) is 11.3 Å². The predicted octanol–water partition coefficient (Wildman–Crippen LogP) is 3.74. The van der Waals surface area contributed by atoms with Crippen molar-refractivity contribution in [2.75, 3.05) is 0 Å². The molecule has 4 nitrogen and oxygen atoms in total. The van der Waals surface area contributed by atoms with Crippen molar-refractivity contribution >= 4 is 5.91 Å². The summed E-state index contributed by atoms with van der Waals surface area (Å²) in [6.45, 7) is 4.01. The second kappa shape index (κ2) is 7.13. The van der Waals surface area contributed by atoms with Gasteiger partial charge in [0, 0.05) is 6.92 Å². The Balaban J connectivity index is 1.83. The van der Waals surface area contributed by atoms with Crippen LogP contribution in [0.2, 0.25) is 0 Å². The average molecular weight is 320 g/mol. The van der Waals surface area contributed by atoms with Crippen LogP contribution in [0.1, 0.15) is 34.4 Å². The molecule has 0 spiro atoms. The van der Waals surface area contributed by atoms with E-state index in [0.717, 1.165) is 16.8 Å². The van der Waals surface area contributed by atoms with Gasteiger partial charge in [-0.3, -0.25) is 4.79 Å². The van der Waals surface area contributed by atoms with Crippen LogP contribution in [-0.4, -0.2) is 10.9 Å². The van der Waals surface area contributed by atoms with Crippen molar-refractivity contribution in [2.24, 2.45) is 0 Å². The molecule has 0 unspecified atom stereocenters. The first kappa shape index (κ1) is 16.0. The third-order valence-corrected chi connectivity index (χ3v) is 3.95. The van der Waals surface area contributed by atoms with Crippen LogP contribution >= 0.6 is 0 Å². The summed E-state index contributed by atoms with van der Waals surface area (Å²) in [6.07, 6.45) is 0. The Bertz CT molecular complexity index is 771. The van der Waals surface area contributed by atoms with Gasteiger partial charge in [0.05, 0.1) is 18.2 Å². The summed E-state index contributed by atoms with van der Waals surface area (Å²) < 4.78 is 5.53.